The summed E-state index contributed by atoms with van der Waals surface area (Å²) in [6.07, 6.45) is 4.21. The van der Waals surface area contributed by atoms with Crippen LogP contribution in [0, 0.1) is 13.8 Å². The second-order valence-electron chi connectivity index (χ2n) is 5.02. The molecule has 2 rings (SSSR count). The molecule has 2 aromatic rings. The fourth-order valence-corrected chi connectivity index (χ4v) is 3.98. The third-order valence-corrected chi connectivity index (χ3v) is 5.13. The number of nitrogens with zero attached hydrogens (tertiary/aromatic N) is 1. The Labute approximate surface area is 133 Å². The van der Waals surface area contributed by atoms with Crippen molar-refractivity contribution in [2.24, 2.45) is 0 Å². The Balaban J connectivity index is 2.13. The van der Waals surface area contributed by atoms with Gasteiger partial charge in [-0.2, -0.15) is 11.8 Å². The zero-order valence-corrected chi connectivity index (χ0v) is 14.3. The van der Waals surface area contributed by atoms with Gasteiger partial charge in [-0.25, -0.2) is 0 Å². The molecule has 0 aliphatic heterocycles. The first kappa shape index (κ1) is 16.1. The van der Waals surface area contributed by atoms with Gasteiger partial charge in [0.25, 0.3) is 5.91 Å². The van der Waals surface area contributed by atoms with Crippen LogP contribution in [0.3, 0.4) is 0 Å². The lowest BCUT2D eigenvalue weighted by atomic mass is 10.2. The molecule has 0 unspecified atom stereocenters. The summed E-state index contributed by atoms with van der Waals surface area (Å²) in [7, 11) is 0. The number of fused-ring (bicyclic) bond motifs is 1. The molecule has 0 atom stereocenters. The van der Waals surface area contributed by atoms with Crippen LogP contribution in [-0.4, -0.2) is 29.4 Å². The summed E-state index contributed by atoms with van der Waals surface area (Å²) >= 11 is 3.28. The molecule has 0 bridgehead atoms. The van der Waals surface area contributed by atoms with Crippen LogP contribution in [0.5, 0.6) is 0 Å². The molecule has 0 saturated carbocycles. The largest absolute Gasteiger partial charge is 0.397 e. The summed E-state index contributed by atoms with van der Waals surface area (Å²) in [6.45, 7) is 4.58. The first-order valence-corrected chi connectivity index (χ1v) is 9.19. The van der Waals surface area contributed by atoms with Gasteiger partial charge in [-0.15, -0.1) is 11.3 Å². The van der Waals surface area contributed by atoms with Gasteiger partial charge in [0, 0.05) is 28.0 Å². The number of aromatic nitrogens is 1. The molecule has 4 nitrogen and oxygen atoms in total. The number of amides is 1. The maximum Gasteiger partial charge on any atom is 0.263 e. The van der Waals surface area contributed by atoms with Gasteiger partial charge in [-0.3, -0.25) is 9.78 Å². The number of nitrogens with two attached hydrogens (primary N) is 1. The zero-order valence-electron chi connectivity index (χ0n) is 12.7. The number of hydrogen-bond donors (Lipinski definition) is 2. The first-order valence-electron chi connectivity index (χ1n) is 6.98. The predicted molar refractivity (Wildman–Crippen MR) is 93.5 cm³/mol. The fourth-order valence-electron chi connectivity index (χ4n) is 2.30. The van der Waals surface area contributed by atoms with Gasteiger partial charge in [-0.1, -0.05) is 0 Å². The SMILES string of the molecule is CSCCCCNC(=O)c1sc2cc(C)nc(C)c2c1N. The van der Waals surface area contributed by atoms with E-state index in [0.717, 1.165) is 40.1 Å². The van der Waals surface area contributed by atoms with Gasteiger partial charge in [0.05, 0.1) is 5.69 Å². The monoisotopic (exact) mass is 323 g/mol. The number of nitrogen functional groups attached to an aromatic ring is 1. The summed E-state index contributed by atoms with van der Waals surface area (Å²) in [5.41, 5.74) is 8.54. The molecular formula is C15H21N3OS2. The molecule has 114 valence electrons. The number of unbranched alkanes of at least 4 members (excludes halogenated alkanes) is 1. The van der Waals surface area contributed by atoms with E-state index in [1.54, 1.807) is 0 Å². The predicted octanol–water partition coefficient (Wildman–Crippen LogP) is 3.37. The van der Waals surface area contributed by atoms with E-state index >= 15 is 0 Å². The quantitative estimate of drug-likeness (QED) is 0.800. The molecule has 1 amide bonds. The maximum absolute atomic E-state index is 12.3. The molecule has 0 aliphatic carbocycles. The topological polar surface area (TPSA) is 68.0 Å². The smallest absolute Gasteiger partial charge is 0.263 e. The van der Waals surface area contributed by atoms with E-state index in [-0.39, 0.29) is 5.91 Å². The van der Waals surface area contributed by atoms with E-state index in [1.165, 1.54) is 11.3 Å². The Morgan fingerprint density at radius 1 is 1.43 bits per heavy atom. The minimum Gasteiger partial charge on any atom is -0.397 e. The number of carbonyl (C=O) groups is 1. The van der Waals surface area contributed by atoms with Crippen LogP contribution in [0.1, 0.15) is 33.9 Å². The number of hydrogen-bond acceptors (Lipinski definition) is 5. The molecule has 2 aromatic heterocycles. The van der Waals surface area contributed by atoms with E-state index in [2.05, 4.69) is 16.6 Å². The second-order valence-corrected chi connectivity index (χ2v) is 7.06. The van der Waals surface area contributed by atoms with Crippen molar-refractivity contribution in [3.63, 3.8) is 0 Å². The van der Waals surface area contributed by atoms with Crippen molar-refractivity contribution >= 4 is 44.8 Å². The van der Waals surface area contributed by atoms with Crippen LogP contribution in [0.15, 0.2) is 6.07 Å². The maximum atomic E-state index is 12.3. The van der Waals surface area contributed by atoms with Crippen LogP contribution in [0.4, 0.5) is 5.69 Å². The van der Waals surface area contributed by atoms with Crippen molar-refractivity contribution in [2.45, 2.75) is 26.7 Å². The number of rotatable bonds is 6. The highest BCUT2D eigenvalue weighted by atomic mass is 32.2. The molecule has 6 heteroatoms. The lowest BCUT2D eigenvalue weighted by Gasteiger charge is -2.04. The number of anilines is 1. The summed E-state index contributed by atoms with van der Waals surface area (Å²) in [5.74, 6) is 1.06. The summed E-state index contributed by atoms with van der Waals surface area (Å²) in [4.78, 5) is 17.3. The number of aryl methyl sites for hydroxylation is 2. The normalized spacial score (nSPS) is 11.0. The molecule has 0 spiro atoms. The van der Waals surface area contributed by atoms with Gasteiger partial charge in [0.1, 0.15) is 4.88 Å². The van der Waals surface area contributed by atoms with Crippen LogP contribution in [0.2, 0.25) is 0 Å². The van der Waals surface area contributed by atoms with Crippen LogP contribution >= 0.6 is 23.1 Å². The Bertz CT molecular complexity index is 652. The Hall–Kier alpha value is -1.27. The molecule has 0 aliphatic rings. The lowest BCUT2D eigenvalue weighted by Crippen LogP contribution is -2.24. The Kier molecular flexibility index (Phi) is 5.47. The second kappa shape index (κ2) is 7.13. The minimum atomic E-state index is -0.0742. The third-order valence-electron chi connectivity index (χ3n) is 3.29. The van der Waals surface area contributed by atoms with Crippen molar-refractivity contribution < 1.29 is 4.79 Å². The number of nitrogens with one attached hydrogen (secondary N) is 1. The number of carbonyl (C=O) groups excluding carboxylic acids is 1. The Morgan fingerprint density at radius 2 is 2.19 bits per heavy atom. The molecule has 0 fully saturated rings. The van der Waals surface area contributed by atoms with E-state index in [0.29, 0.717) is 17.1 Å². The first-order chi connectivity index (χ1) is 10.0. The minimum absolute atomic E-state index is 0.0742. The van der Waals surface area contributed by atoms with E-state index in [1.807, 2.05) is 31.7 Å². The average molecular weight is 323 g/mol. The van der Waals surface area contributed by atoms with Crippen LogP contribution in [0.25, 0.3) is 10.1 Å². The van der Waals surface area contributed by atoms with Gasteiger partial charge in [-0.05, 0) is 44.8 Å². The summed E-state index contributed by atoms with van der Waals surface area (Å²) in [5, 5.41) is 3.87. The van der Waals surface area contributed by atoms with E-state index < -0.39 is 0 Å². The summed E-state index contributed by atoms with van der Waals surface area (Å²) < 4.78 is 1.03. The van der Waals surface area contributed by atoms with Crippen LogP contribution in [-0.2, 0) is 0 Å². The highest BCUT2D eigenvalue weighted by Crippen LogP contribution is 2.35. The molecule has 0 aromatic carbocycles. The number of pyridine rings is 1. The molecular weight excluding hydrogens is 302 g/mol. The standard InChI is InChI=1S/C15H21N3OS2/c1-9-8-11-12(10(2)18-9)13(16)14(21-11)15(19)17-6-4-5-7-20-3/h8H,4-7,16H2,1-3H3,(H,17,19). The number of thiophene rings is 1. The molecule has 3 N–H and O–H groups in total. The highest BCUT2D eigenvalue weighted by molar-refractivity contribution is 7.98. The summed E-state index contributed by atoms with van der Waals surface area (Å²) in [6, 6.07) is 1.98. The van der Waals surface area contributed by atoms with Gasteiger partial charge in [0.2, 0.25) is 0 Å². The molecule has 0 saturated heterocycles. The van der Waals surface area contributed by atoms with Crippen molar-refractivity contribution in [3.05, 3.63) is 22.3 Å². The molecule has 2 heterocycles. The molecule has 0 radical (unpaired) electrons. The third kappa shape index (κ3) is 3.68. The van der Waals surface area contributed by atoms with Crippen LogP contribution < -0.4 is 11.1 Å². The van der Waals surface area contributed by atoms with Crippen molar-refractivity contribution in [1.82, 2.24) is 10.3 Å². The zero-order chi connectivity index (χ0) is 15.4. The van der Waals surface area contributed by atoms with Crippen molar-refractivity contribution in [3.8, 4) is 0 Å². The van der Waals surface area contributed by atoms with Crippen molar-refractivity contribution in [1.29, 1.82) is 0 Å². The van der Waals surface area contributed by atoms with Gasteiger partial charge >= 0.3 is 0 Å². The van der Waals surface area contributed by atoms with E-state index in [4.69, 9.17) is 5.73 Å². The van der Waals surface area contributed by atoms with Gasteiger partial charge < -0.3 is 11.1 Å². The molecule has 21 heavy (non-hydrogen) atoms. The van der Waals surface area contributed by atoms with Crippen molar-refractivity contribution in [2.75, 3.05) is 24.3 Å². The highest BCUT2D eigenvalue weighted by Gasteiger charge is 2.18. The average Bonchev–Trinajstić information content (AvgIpc) is 2.75. The van der Waals surface area contributed by atoms with Gasteiger partial charge in [0.15, 0.2) is 0 Å². The number of thioether (sulfide) groups is 1. The Morgan fingerprint density at radius 3 is 2.90 bits per heavy atom. The van der Waals surface area contributed by atoms with E-state index in [9.17, 15) is 4.79 Å². The fraction of sp³-hybridized carbons (Fsp3) is 0.467. The lowest BCUT2D eigenvalue weighted by molar-refractivity contribution is 0.0958.